The molecule has 0 amide bonds. The molecule has 0 N–H and O–H groups in total. The molecule has 2 aromatic heterocycles. The molecular weight excluding hydrogens is 330 g/mol. The number of aromatic nitrogens is 5. The monoisotopic (exact) mass is 345 g/mol. The van der Waals surface area contributed by atoms with Gasteiger partial charge in [0.15, 0.2) is 16.7 Å². The molecule has 0 fully saturated rings. The summed E-state index contributed by atoms with van der Waals surface area (Å²) < 4.78 is 18.0. The molecule has 1 aliphatic heterocycles. The van der Waals surface area contributed by atoms with Crippen LogP contribution in [0.5, 0.6) is 11.5 Å². The Morgan fingerprint density at radius 2 is 2.08 bits per heavy atom. The van der Waals surface area contributed by atoms with Crippen molar-refractivity contribution in [2.45, 2.75) is 31.3 Å². The topological polar surface area (TPSA) is 88.1 Å². The Labute approximate surface area is 142 Å². The van der Waals surface area contributed by atoms with E-state index in [1.807, 2.05) is 29.7 Å². The lowest BCUT2D eigenvalue weighted by atomic mass is 10.2. The number of ether oxygens (including phenoxy) is 2. The van der Waals surface area contributed by atoms with E-state index < -0.39 is 0 Å². The van der Waals surface area contributed by atoms with Gasteiger partial charge in [0.2, 0.25) is 18.5 Å². The molecule has 9 heteroatoms. The molecule has 0 saturated heterocycles. The summed E-state index contributed by atoms with van der Waals surface area (Å²) in [7, 11) is 0. The van der Waals surface area contributed by atoms with Crippen LogP contribution in [0.4, 0.5) is 0 Å². The van der Waals surface area contributed by atoms with Crippen LogP contribution in [0.15, 0.2) is 27.9 Å². The first-order valence-electron chi connectivity index (χ1n) is 7.50. The molecule has 0 unspecified atom stereocenters. The molecule has 1 aliphatic rings. The van der Waals surface area contributed by atoms with Crippen molar-refractivity contribution in [3.8, 4) is 22.9 Å². The minimum absolute atomic E-state index is 0.241. The SMILES string of the molecule is CCn1c(C)nnc1SCc1nc(-c2ccc3c(c2)OCO3)no1. The van der Waals surface area contributed by atoms with Gasteiger partial charge in [-0.15, -0.1) is 10.2 Å². The van der Waals surface area contributed by atoms with Gasteiger partial charge < -0.3 is 18.6 Å². The summed E-state index contributed by atoms with van der Waals surface area (Å²) in [6.07, 6.45) is 0. The Balaban J connectivity index is 1.49. The van der Waals surface area contributed by atoms with Gasteiger partial charge in [-0.2, -0.15) is 4.98 Å². The van der Waals surface area contributed by atoms with E-state index in [2.05, 4.69) is 27.3 Å². The quantitative estimate of drug-likeness (QED) is 0.652. The van der Waals surface area contributed by atoms with Crippen molar-refractivity contribution < 1.29 is 14.0 Å². The van der Waals surface area contributed by atoms with Gasteiger partial charge in [0, 0.05) is 12.1 Å². The maximum Gasteiger partial charge on any atom is 0.237 e. The molecule has 124 valence electrons. The molecule has 1 aromatic carbocycles. The van der Waals surface area contributed by atoms with Crippen LogP contribution >= 0.6 is 11.8 Å². The highest BCUT2D eigenvalue weighted by Crippen LogP contribution is 2.35. The molecule has 4 rings (SSSR count). The zero-order valence-corrected chi connectivity index (χ0v) is 14.0. The number of benzene rings is 1. The highest BCUT2D eigenvalue weighted by atomic mass is 32.2. The van der Waals surface area contributed by atoms with Crippen molar-refractivity contribution in [3.63, 3.8) is 0 Å². The molecule has 3 aromatic rings. The normalized spacial score (nSPS) is 12.8. The fourth-order valence-corrected chi connectivity index (χ4v) is 3.31. The summed E-state index contributed by atoms with van der Waals surface area (Å²) in [5.41, 5.74) is 0.826. The van der Waals surface area contributed by atoms with E-state index in [1.54, 1.807) is 0 Å². The second-order valence-electron chi connectivity index (χ2n) is 5.14. The van der Waals surface area contributed by atoms with Gasteiger partial charge in [0.25, 0.3) is 0 Å². The standard InChI is InChI=1S/C15H15N5O3S/c1-3-20-9(2)17-18-15(20)24-7-13-16-14(19-23-13)10-4-5-11-12(6-10)22-8-21-11/h4-6H,3,7-8H2,1-2H3. The molecule has 0 saturated carbocycles. The summed E-state index contributed by atoms with van der Waals surface area (Å²) in [6.45, 7) is 5.06. The molecule has 0 spiro atoms. The van der Waals surface area contributed by atoms with Crippen LogP contribution in [-0.4, -0.2) is 31.7 Å². The summed E-state index contributed by atoms with van der Waals surface area (Å²) >= 11 is 1.52. The van der Waals surface area contributed by atoms with Gasteiger partial charge in [-0.1, -0.05) is 16.9 Å². The number of hydrogen-bond donors (Lipinski definition) is 0. The number of nitrogens with zero attached hydrogens (tertiary/aromatic N) is 5. The Kier molecular flexibility index (Phi) is 3.85. The van der Waals surface area contributed by atoms with Gasteiger partial charge in [0.1, 0.15) is 5.82 Å². The second-order valence-corrected chi connectivity index (χ2v) is 6.08. The highest BCUT2D eigenvalue weighted by molar-refractivity contribution is 7.98. The van der Waals surface area contributed by atoms with Gasteiger partial charge in [-0.25, -0.2) is 0 Å². The predicted octanol–water partition coefficient (Wildman–Crippen LogP) is 2.68. The maximum atomic E-state index is 5.37. The minimum atomic E-state index is 0.241. The third-order valence-electron chi connectivity index (χ3n) is 3.64. The van der Waals surface area contributed by atoms with E-state index in [0.717, 1.165) is 28.8 Å². The van der Waals surface area contributed by atoms with E-state index in [4.69, 9.17) is 14.0 Å². The molecule has 8 nitrogen and oxygen atoms in total. The molecule has 0 bridgehead atoms. The fraction of sp³-hybridized carbons (Fsp3) is 0.333. The summed E-state index contributed by atoms with van der Waals surface area (Å²) in [6, 6.07) is 5.57. The lowest BCUT2D eigenvalue weighted by Gasteiger charge is -2.02. The largest absolute Gasteiger partial charge is 0.454 e. The van der Waals surface area contributed by atoms with E-state index >= 15 is 0 Å². The molecule has 0 aliphatic carbocycles. The number of hydrogen-bond acceptors (Lipinski definition) is 8. The predicted molar refractivity (Wildman–Crippen MR) is 85.9 cm³/mol. The maximum absolute atomic E-state index is 5.37. The summed E-state index contributed by atoms with van der Waals surface area (Å²) in [5, 5.41) is 13.1. The van der Waals surface area contributed by atoms with Crippen LogP contribution in [0.3, 0.4) is 0 Å². The summed E-state index contributed by atoms with van der Waals surface area (Å²) in [4.78, 5) is 4.43. The van der Waals surface area contributed by atoms with E-state index in [1.165, 1.54) is 11.8 Å². The van der Waals surface area contributed by atoms with Gasteiger partial charge in [-0.05, 0) is 32.0 Å². The lowest BCUT2D eigenvalue weighted by Crippen LogP contribution is -1.99. The van der Waals surface area contributed by atoms with Crippen molar-refractivity contribution in [1.29, 1.82) is 0 Å². The third kappa shape index (κ3) is 2.71. The Hall–Kier alpha value is -2.55. The van der Waals surface area contributed by atoms with Crippen LogP contribution in [0.1, 0.15) is 18.6 Å². The minimum Gasteiger partial charge on any atom is -0.454 e. The van der Waals surface area contributed by atoms with Crippen LogP contribution < -0.4 is 9.47 Å². The molecular formula is C15H15N5O3S. The van der Waals surface area contributed by atoms with E-state index in [9.17, 15) is 0 Å². The molecule has 0 atom stereocenters. The van der Waals surface area contributed by atoms with Crippen molar-refractivity contribution in [3.05, 3.63) is 29.9 Å². The first-order valence-corrected chi connectivity index (χ1v) is 8.48. The van der Waals surface area contributed by atoms with Crippen LogP contribution in [0, 0.1) is 6.92 Å². The zero-order valence-electron chi connectivity index (χ0n) is 13.2. The average molecular weight is 345 g/mol. The smallest absolute Gasteiger partial charge is 0.237 e. The highest BCUT2D eigenvalue weighted by Gasteiger charge is 2.17. The van der Waals surface area contributed by atoms with E-state index in [0.29, 0.717) is 23.2 Å². The fourth-order valence-electron chi connectivity index (χ4n) is 2.43. The van der Waals surface area contributed by atoms with Crippen molar-refractivity contribution >= 4 is 11.8 Å². The van der Waals surface area contributed by atoms with Crippen LogP contribution in [-0.2, 0) is 12.3 Å². The molecule has 24 heavy (non-hydrogen) atoms. The van der Waals surface area contributed by atoms with E-state index in [-0.39, 0.29) is 6.79 Å². The van der Waals surface area contributed by atoms with Crippen LogP contribution in [0.2, 0.25) is 0 Å². The van der Waals surface area contributed by atoms with Gasteiger partial charge in [0.05, 0.1) is 5.75 Å². The number of aryl methyl sites for hydroxylation is 1. The molecule has 0 radical (unpaired) electrons. The zero-order chi connectivity index (χ0) is 16.5. The second kappa shape index (κ2) is 6.16. The van der Waals surface area contributed by atoms with Gasteiger partial charge in [-0.3, -0.25) is 0 Å². The van der Waals surface area contributed by atoms with Crippen molar-refractivity contribution in [1.82, 2.24) is 24.9 Å². The lowest BCUT2D eigenvalue weighted by molar-refractivity contribution is 0.174. The third-order valence-corrected chi connectivity index (χ3v) is 4.59. The first kappa shape index (κ1) is 15.0. The summed E-state index contributed by atoms with van der Waals surface area (Å²) in [5.74, 6) is 3.92. The Morgan fingerprint density at radius 1 is 1.21 bits per heavy atom. The Morgan fingerprint density at radius 3 is 2.96 bits per heavy atom. The van der Waals surface area contributed by atoms with Crippen LogP contribution in [0.25, 0.3) is 11.4 Å². The number of rotatable bonds is 5. The van der Waals surface area contributed by atoms with Gasteiger partial charge >= 0.3 is 0 Å². The Bertz CT molecular complexity index is 876. The number of fused-ring (bicyclic) bond motifs is 1. The molecule has 3 heterocycles. The number of thioether (sulfide) groups is 1. The first-order chi connectivity index (χ1) is 11.7. The van der Waals surface area contributed by atoms with Crippen molar-refractivity contribution in [2.75, 3.05) is 6.79 Å². The van der Waals surface area contributed by atoms with Crippen molar-refractivity contribution in [2.24, 2.45) is 0 Å². The average Bonchev–Trinajstić information content (AvgIpc) is 3.31.